The number of imidazole rings is 1. The lowest BCUT2D eigenvalue weighted by Crippen LogP contribution is -2.42. The number of aryl methyl sites for hydroxylation is 2. The first-order valence-electron chi connectivity index (χ1n) is 10.7. The van der Waals surface area contributed by atoms with Gasteiger partial charge in [-0.1, -0.05) is 6.07 Å². The van der Waals surface area contributed by atoms with E-state index in [0.717, 1.165) is 72.5 Å². The maximum Gasteiger partial charge on any atom is 0.165 e. The topological polar surface area (TPSA) is 97.5 Å². The lowest BCUT2D eigenvalue weighted by Gasteiger charge is -2.34. The van der Waals surface area contributed by atoms with Crippen LogP contribution in [0.15, 0.2) is 43.1 Å². The van der Waals surface area contributed by atoms with Crippen LogP contribution in [0.4, 0.5) is 11.6 Å². The molecule has 0 amide bonds. The van der Waals surface area contributed by atoms with Gasteiger partial charge < -0.3 is 14.8 Å². The Kier molecular flexibility index (Phi) is 5.15. The molecule has 1 aliphatic heterocycles. The highest BCUT2D eigenvalue weighted by Gasteiger charge is 2.23. The summed E-state index contributed by atoms with van der Waals surface area (Å²) in [7, 11) is 0. The molecular formula is C22H25N9. The molecular weight excluding hydrogens is 390 g/mol. The molecule has 1 atom stereocenters. The van der Waals surface area contributed by atoms with Gasteiger partial charge in [0.05, 0.1) is 5.56 Å². The zero-order valence-corrected chi connectivity index (χ0v) is 17.7. The van der Waals surface area contributed by atoms with E-state index in [-0.39, 0.29) is 6.04 Å². The summed E-state index contributed by atoms with van der Waals surface area (Å²) in [6.07, 6.45) is 9.23. The molecule has 5 rings (SSSR count). The molecule has 158 valence electrons. The molecule has 0 radical (unpaired) electrons. The molecule has 0 unspecified atom stereocenters. The van der Waals surface area contributed by atoms with E-state index < -0.39 is 0 Å². The first kappa shape index (κ1) is 19.3. The summed E-state index contributed by atoms with van der Waals surface area (Å²) in [5.41, 5.74) is 2.46. The Labute approximate surface area is 180 Å². The fourth-order valence-electron chi connectivity index (χ4n) is 4.11. The molecule has 9 nitrogen and oxygen atoms in total. The maximum absolute atomic E-state index is 4.90. The number of pyridine rings is 1. The Morgan fingerprint density at radius 2 is 1.97 bits per heavy atom. The van der Waals surface area contributed by atoms with Gasteiger partial charge in [0.15, 0.2) is 17.0 Å². The van der Waals surface area contributed by atoms with Crippen molar-refractivity contribution in [2.75, 3.05) is 23.3 Å². The molecule has 5 heterocycles. The molecule has 9 heteroatoms. The zero-order chi connectivity index (χ0) is 21.2. The largest absolute Gasteiger partial charge is 0.364 e. The van der Waals surface area contributed by atoms with Gasteiger partial charge in [-0.3, -0.25) is 0 Å². The van der Waals surface area contributed by atoms with Crippen LogP contribution in [0.5, 0.6) is 0 Å². The summed E-state index contributed by atoms with van der Waals surface area (Å²) in [6, 6.07) is 6.29. The Bertz CT molecular complexity index is 1170. The summed E-state index contributed by atoms with van der Waals surface area (Å²) in [5, 5.41) is 3.62. The number of hydrogen-bond acceptors (Lipinski definition) is 8. The first-order chi connectivity index (χ1) is 15.2. The van der Waals surface area contributed by atoms with Crippen LogP contribution in [0.25, 0.3) is 22.6 Å². The van der Waals surface area contributed by atoms with Crippen LogP contribution < -0.4 is 10.2 Å². The van der Waals surface area contributed by atoms with Gasteiger partial charge in [-0.05, 0) is 38.8 Å². The van der Waals surface area contributed by atoms with Crippen molar-refractivity contribution in [2.24, 2.45) is 0 Å². The lowest BCUT2D eigenvalue weighted by atomic mass is 10.1. The van der Waals surface area contributed by atoms with E-state index in [1.165, 1.54) is 0 Å². The van der Waals surface area contributed by atoms with Gasteiger partial charge in [-0.2, -0.15) is 0 Å². The molecule has 1 fully saturated rings. The normalized spacial score (nSPS) is 16.6. The second-order valence-electron chi connectivity index (χ2n) is 7.71. The second-order valence-corrected chi connectivity index (χ2v) is 7.71. The fraction of sp³-hybridized carbons (Fsp3) is 0.364. The molecule has 1 aliphatic rings. The van der Waals surface area contributed by atoms with Gasteiger partial charge in [0, 0.05) is 44.3 Å². The third-order valence-electron chi connectivity index (χ3n) is 5.62. The highest BCUT2D eigenvalue weighted by molar-refractivity contribution is 5.86. The SMILES string of the molecule is CCn1c(-c2cnc(C)nc2)nc2c(N[C@H]3CCCN(c4ccccn4)C3)ncnc21. The van der Waals surface area contributed by atoms with Gasteiger partial charge in [0.25, 0.3) is 0 Å². The highest BCUT2D eigenvalue weighted by atomic mass is 15.2. The molecule has 4 aromatic rings. The van der Waals surface area contributed by atoms with Crippen molar-refractivity contribution in [3.8, 4) is 11.4 Å². The summed E-state index contributed by atoms with van der Waals surface area (Å²) < 4.78 is 2.08. The number of anilines is 2. The van der Waals surface area contributed by atoms with E-state index in [1.54, 1.807) is 6.33 Å². The van der Waals surface area contributed by atoms with Crippen LogP contribution >= 0.6 is 0 Å². The predicted molar refractivity (Wildman–Crippen MR) is 120 cm³/mol. The molecule has 0 aliphatic carbocycles. The van der Waals surface area contributed by atoms with Gasteiger partial charge >= 0.3 is 0 Å². The molecule has 1 N–H and O–H groups in total. The molecule has 0 spiro atoms. The first-order valence-corrected chi connectivity index (χ1v) is 10.7. The van der Waals surface area contributed by atoms with Crippen LogP contribution in [0.3, 0.4) is 0 Å². The van der Waals surface area contributed by atoms with Gasteiger partial charge in [-0.25, -0.2) is 29.9 Å². The number of fused-ring (bicyclic) bond motifs is 1. The van der Waals surface area contributed by atoms with Crippen molar-refractivity contribution in [1.82, 2.24) is 34.5 Å². The quantitative estimate of drug-likeness (QED) is 0.531. The Morgan fingerprint density at radius 1 is 1.10 bits per heavy atom. The van der Waals surface area contributed by atoms with Gasteiger partial charge in [0.1, 0.15) is 23.8 Å². The second kappa shape index (κ2) is 8.25. The maximum atomic E-state index is 4.90. The molecule has 0 aromatic carbocycles. The predicted octanol–water partition coefficient (Wildman–Crippen LogP) is 3.09. The van der Waals surface area contributed by atoms with Gasteiger partial charge in [0.2, 0.25) is 0 Å². The van der Waals surface area contributed by atoms with Crippen LogP contribution in [0, 0.1) is 6.92 Å². The molecule has 1 saturated heterocycles. The minimum atomic E-state index is 0.256. The number of aromatic nitrogens is 7. The summed E-state index contributed by atoms with van der Waals surface area (Å²) in [4.78, 5) is 29.4. The standard InChI is InChI=1S/C22H25N9/c1-3-31-21(16-11-24-15(2)25-12-16)29-19-20(26-14-27-22(19)31)28-17-7-6-10-30(13-17)18-8-4-5-9-23-18/h4-5,8-9,11-12,14,17H,3,6-7,10,13H2,1-2H3,(H,26,27,28)/t17-/m0/s1. The monoisotopic (exact) mass is 415 g/mol. The highest BCUT2D eigenvalue weighted by Crippen LogP contribution is 2.27. The summed E-state index contributed by atoms with van der Waals surface area (Å²) in [6.45, 7) is 6.58. The van der Waals surface area contributed by atoms with Crippen molar-refractivity contribution in [3.05, 3.63) is 48.9 Å². The van der Waals surface area contributed by atoms with E-state index in [4.69, 9.17) is 4.98 Å². The van der Waals surface area contributed by atoms with Crippen molar-refractivity contribution < 1.29 is 0 Å². The average molecular weight is 416 g/mol. The van der Waals surface area contributed by atoms with Crippen LogP contribution in [-0.2, 0) is 6.54 Å². The third kappa shape index (κ3) is 3.78. The number of hydrogen-bond donors (Lipinski definition) is 1. The van der Waals surface area contributed by atoms with Crippen molar-refractivity contribution >= 4 is 22.8 Å². The fourth-order valence-corrected chi connectivity index (χ4v) is 4.11. The number of piperidine rings is 1. The minimum absolute atomic E-state index is 0.256. The van der Waals surface area contributed by atoms with E-state index in [9.17, 15) is 0 Å². The average Bonchev–Trinajstić information content (AvgIpc) is 3.20. The molecule has 0 saturated carbocycles. The van der Waals surface area contributed by atoms with E-state index in [1.807, 2.05) is 37.6 Å². The van der Waals surface area contributed by atoms with E-state index in [0.29, 0.717) is 0 Å². The van der Waals surface area contributed by atoms with Crippen molar-refractivity contribution in [2.45, 2.75) is 39.3 Å². The molecule has 4 aromatic heterocycles. The summed E-state index contributed by atoms with van der Waals surface area (Å²) >= 11 is 0. The zero-order valence-electron chi connectivity index (χ0n) is 17.7. The Morgan fingerprint density at radius 3 is 2.74 bits per heavy atom. The third-order valence-corrected chi connectivity index (χ3v) is 5.62. The Hall–Kier alpha value is -3.62. The number of nitrogens with zero attached hydrogens (tertiary/aromatic N) is 8. The van der Waals surface area contributed by atoms with Crippen LogP contribution in [0.1, 0.15) is 25.6 Å². The van der Waals surface area contributed by atoms with E-state index in [2.05, 4.69) is 52.7 Å². The number of nitrogens with one attached hydrogen (secondary N) is 1. The van der Waals surface area contributed by atoms with Crippen LogP contribution in [-0.4, -0.2) is 53.6 Å². The smallest absolute Gasteiger partial charge is 0.165 e. The molecule has 0 bridgehead atoms. The minimum Gasteiger partial charge on any atom is -0.364 e. The van der Waals surface area contributed by atoms with Crippen LogP contribution in [0.2, 0.25) is 0 Å². The summed E-state index contributed by atoms with van der Waals surface area (Å²) in [5.74, 6) is 3.32. The van der Waals surface area contributed by atoms with Crippen molar-refractivity contribution in [3.63, 3.8) is 0 Å². The molecule has 31 heavy (non-hydrogen) atoms. The van der Waals surface area contributed by atoms with Crippen molar-refractivity contribution in [1.29, 1.82) is 0 Å². The lowest BCUT2D eigenvalue weighted by molar-refractivity contribution is 0.526. The number of rotatable bonds is 5. The Balaban J connectivity index is 1.46. The van der Waals surface area contributed by atoms with Gasteiger partial charge in [-0.15, -0.1) is 0 Å². The van der Waals surface area contributed by atoms with E-state index >= 15 is 0 Å².